The molecule has 0 saturated carbocycles. The fourth-order valence-electron chi connectivity index (χ4n) is 0.944. The average Bonchev–Trinajstić information content (AvgIpc) is 2.04. The first-order valence-corrected chi connectivity index (χ1v) is 4.58. The molecule has 1 radical (unpaired) electrons. The van der Waals surface area contributed by atoms with Gasteiger partial charge in [0.25, 0.3) is 0 Å². The van der Waals surface area contributed by atoms with Crippen molar-refractivity contribution in [3.05, 3.63) is 30.2 Å². The van der Waals surface area contributed by atoms with Crippen LogP contribution in [-0.4, -0.2) is 0 Å². The normalized spacial score (nSPS) is 17.7. The van der Waals surface area contributed by atoms with E-state index in [2.05, 4.69) is 47.3 Å². The molecule has 69 valence electrons. The molecule has 0 heteroatoms. The summed E-state index contributed by atoms with van der Waals surface area (Å²) in [5.74, 6) is 1.39. The molecule has 0 saturated heterocycles. The highest BCUT2D eigenvalue weighted by Gasteiger charge is 2.14. The monoisotopic (exact) mass is 165 g/mol. The largest absolute Gasteiger partial charge is 0.102 e. The predicted molar refractivity (Wildman–Crippen MR) is 56.9 cm³/mol. The first-order valence-electron chi connectivity index (χ1n) is 4.58. The first kappa shape index (κ1) is 11.5. The van der Waals surface area contributed by atoms with Crippen LogP contribution < -0.4 is 0 Å². The van der Waals surface area contributed by atoms with E-state index in [4.69, 9.17) is 0 Å². The van der Waals surface area contributed by atoms with Crippen LogP contribution in [0.4, 0.5) is 0 Å². The second-order valence-electron chi connectivity index (χ2n) is 3.89. The Morgan fingerprint density at radius 2 is 1.83 bits per heavy atom. The molecule has 0 bridgehead atoms. The highest BCUT2D eigenvalue weighted by molar-refractivity contribution is 5.23. The van der Waals surface area contributed by atoms with E-state index in [-0.39, 0.29) is 5.41 Å². The van der Waals surface area contributed by atoms with Gasteiger partial charge in [0.1, 0.15) is 0 Å². The fraction of sp³-hybridized carbons (Fsp3) is 0.583. The van der Waals surface area contributed by atoms with Crippen molar-refractivity contribution in [2.45, 2.75) is 41.0 Å². The van der Waals surface area contributed by atoms with Gasteiger partial charge in [0.2, 0.25) is 0 Å². The molecule has 12 heavy (non-hydrogen) atoms. The van der Waals surface area contributed by atoms with E-state index in [1.54, 1.807) is 0 Å². The van der Waals surface area contributed by atoms with Crippen LogP contribution >= 0.6 is 0 Å². The van der Waals surface area contributed by atoms with Crippen molar-refractivity contribution < 1.29 is 0 Å². The minimum Gasteiger partial charge on any atom is -0.102 e. The van der Waals surface area contributed by atoms with E-state index in [0.29, 0.717) is 0 Å². The second-order valence-corrected chi connectivity index (χ2v) is 3.89. The zero-order valence-electron chi connectivity index (χ0n) is 9.07. The topological polar surface area (TPSA) is 0 Å². The number of rotatable bonds is 4. The minimum absolute atomic E-state index is 0.168. The zero-order chi connectivity index (χ0) is 9.78. The van der Waals surface area contributed by atoms with Crippen molar-refractivity contribution in [1.29, 1.82) is 0 Å². The summed E-state index contributed by atoms with van der Waals surface area (Å²) < 4.78 is 0. The highest BCUT2D eigenvalue weighted by atomic mass is 14.2. The van der Waals surface area contributed by atoms with Crippen molar-refractivity contribution >= 4 is 0 Å². The molecule has 0 spiro atoms. The van der Waals surface area contributed by atoms with E-state index in [9.17, 15) is 0 Å². The molecule has 0 fully saturated rings. The van der Waals surface area contributed by atoms with E-state index in [1.807, 2.05) is 6.08 Å². The van der Waals surface area contributed by atoms with Gasteiger partial charge in [-0.1, -0.05) is 45.4 Å². The molecule has 0 heterocycles. The predicted octanol–water partition coefficient (Wildman–Crippen LogP) is 4.15. The van der Waals surface area contributed by atoms with Gasteiger partial charge in [0.05, 0.1) is 0 Å². The molecule has 0 aromatic heterocycles. The van der Waals surface area contributed by atoms with Gasteiger partial charge in [-0.3, -0.25) is 0 Å². The fourth-order valence-corrected chi connectivity index (χ4v) is 0.944. The Kier molecular flexibility index (Phi) is 4.30. The lowest BCUT2D eigenvalue weighted by molar-refractivity contribution is 0.527. The van der Waals surface area contributed by atoms with Crippen molar-refractivity contribution in [3.63, 3.8) is 0 Å². The third-order valence-corrected chi connectivity index (χ3v) is 2.56. The lowest BCUT2D eigenvalue weighted by Crippen LogP contribution is -2.08. The first-order chi connectivity index (χ1) is 5.45. The van der Waals surface area contributed by atoms with E-state index >= 15 is 0 Å². The smallest absolute Gasteiger partial charge is 0.00301 e. The Morgan fingerprint density at radius 1 is 1.33 bits per heavy atom. The van der Waals surface area contributed by atoms with Crippen LogP contribution in [0.5, 0.6) is 0 Å². The Labute approximate surface area is 77.4 Å². The van der Waals surface area contributed by atoms with Crippen LogP contribution in [0.3, 0.4) is 0 Å². The van der Waals surface area contributed by atoms with E-state index in [1.165, 1.54) is 11.5 Å². The standard InChI is InChI=1S/C12H21/c1-7-12(6,8-2)9-11(5)10(3)4/h7,9H,1,8H2,2-6H3. The van der Waals surface area contributed by atoms with Crippen LogP contribution in [0, 0.1) is 11.3 Å². The number of hydrogen-bond donors (Lipinski definition) is 0. The van der Waals surface area contributed by atoms with Crippen molar-refractivity contribution in [3.8, 4) is 0 Å². The summed E-state index contributed by atoms with van der Waals surface area (Å²) in [5.41, 5.74) is 1.54. The summed E-state index contributed by atoms with van der Waals surface area (Å²) in [5, 5.41) is 0. The third kappa shape index (κ3) is 3.25. The van der Waals surface area contributed by atoms with Gasteiger partial charge in [-0.15, -0.1) is 6.58 Å². The molecule has 0 nitrogen and oxygen atoms in total. The average molecular weight is 165 g/mol. The van der Waals surface area contributed by atoms with Crippen LogP contribution in [0.1, 0.15) is 41.0 Å². The molecular weight excluding hydrogens is 144 g/mol. The summed E-state index contributed by atoms with van der Waals surface area (Å²) >= 11 is 0. The number of allylic oxidation sites excluding steroid dienone is 3. The van der Waals surface area contributed by atoms with Crippen LogP contribution in [0.2, 0.25) is 0 Å². The van der Waals surface area contributed by atoms with Gasteiger partial charge in [-0.05, 0) is 19.3 Å². The quantitative estimate of drug-likeness (QED) is 0.549. The van der Waals surface area contributed by atoms with Gasteiger partial charge in [-0.2, -0.15) is 0 Å². The molecule has 0 N–H and O–H groups in total. The van der Waals surface area contributed by atoms with Gasteiger partial charge in [0, 0.05) is 5.41 Å². The van der Waals surface area contributed by atoms with Crippen LogP contribution in [0.25, 0.3) is 0 Å². The third-order valence-electron chi connectivity index (χ3n) is 2.56. The Balaban J connectivity index is 4.57. The molecule has 0 aliphatic carbocycles. The van der Waals surface area contributed by atoms with E-state index < -0.39 is 0 Å². The van der Waals surface area contributed by atoms with Crippen molar-refractivity contribution in [1.82, 2.24) is 0 Å². The minimum atomic E-state index is 0.168. The maximum absolute atomic E-state index is 3.86. The summed E-state index contributed by atoms with van der Waals surface area (Å²) in [6.45, 7) is 14.7. The van der Waals surface area contributed by atoms with Crippen molar-refractivity contribution in [2.24, 2.45) is 5.41 Å². The summed E-state index contributed by atoms with van der Waals surface area (Å²) in [4.78, 5) is 0. The zero-order valence-corrected chi connectivity index (χ0v) is 9.07. The molecule has 1 unspecified atom stereocenters. The van der Waals surface area contributed by atoms with E-state index in [0.717, 1.165) is 6.42 Å². The maximum atomic E-state index is 3.86. The highest BCUT2D eigenvalue weighted by Crippen LogP contribution is 2.27. The molecule has 0 aliphatic rings. The molecular formula is C12H21. The maximum Gasteiger partial charge on any atom is 0.00301 e. The Bertz CT molecular complexity index is 174. The summed E-state index contributed by atoms with van der Waals surface area (Å²) in [6.07, 6.45) is 5.44. The lowest BCUT2D eigenvalue weighted by Gasteiger charge is -2.21. The summed E-state index contributed by atoms with van der Waals surface area (Å²) in [7, 11) is 0. The Morgan fingerprint density at radius 3 is 2.08 bits per heavy atom. The van der Waals surface area contributed by atoms with Gasteiger partial charge < -0.3 is 0 Å². The molecule has 0 amide bonds. The van der Waals surface area contributed by atoms with Gasteiger partial charge >= 0.3 is 0 Å². The number of hydrogen-bond acceptors (Lipinski definition) is 0. The van der Waals surface area contributed by atoms with Crippen LogP contribution in [-0.2, 0) is 0 Å². The lowest BCUT2D eigenvalue weighted by atomic mass is 9.84. The van der Waals surface area contributed by atoms with Gasteiger partial charge in [0.15, 0.2) is 0 Å². The summed E-state index contributed by atoms with van der Waals surface area (Å²) in [6, 6.07) is 0. The molecule has 0 rings (SSSR count). The molecule has 0 aliphatic heterocycles. The molecule has 0 aromatic carbocycles. The van der Waals surface area contributed by atoms with Gasteiger partial charge in [-0.25, -0.2) is 0 Å². The SMILES string of the molecule is C=CC(C)(C=C(C)[C](C)C)CC. The molecule has 0 aromatic rings. The molecule has 1 atom stereocenters. The second kappa shape index (κ2) is 4.49. The Hall–Kier alpha value is -0.520. The van der Waals surface area contributed by atoms with Crippen molar-refractivity contribution in [2.75, 3.05) is 0 Å². The van der Waals surface area contributed by atoms with Crippen LogP contribution in [0.15, 0.2) is 24.3 Å².